The number of rotatable bonds is 4. The molecule has 0 unspecified atom stereocenters. The fourth-order valence-corrected chi connectivity index (χ4v) is 3.93. The maximum absolute atomic E-state index is 6.36. The number of nitrogens with zero attached hydrogens (tertiary/aromatic N) is 1. The second-order valence-corrected chi connectivity index (χ2v) is 7.36. The summed E-state index contributed by atoms with van der Waals surface area (Å²) in [6.07, 6.45) is 4.75. The van der Waals surface area contributed by atoms with E-state index in [0.29, 0.717) is 12.1 Å². The molecule has 1 aromatic rings. The van der Waals surface area contributed by atoms with Crippen molar-refractivity contribution in [1.82, 2.24) is 10.2 Å². The first-order chi connectivity index (χ1) is 11.8. The van der Waals surface area contributed by atoms with Gasteiger partial charge < -0.3 is 25.0 Å². The maximum Gasteiger partial charge on any atom is 0.122 e. The molecule has 140 valence electrons. The predicted octanol–water partition coefficient (Wildman–Crippen LogP) is 2.43. The van der Waals surface area contributed by atoms with Crippen molar-refractivity contribution in [3.63, 3.8) is 0 Å². The van der Waals surface area contributed by atoms with E-state index in [0.717, 1.165) is 70.8 Å². The van der Waals surface area contributed by atoms with Crippen molar-refractivity contribution in [1.29, 1.82) is 0 Å². The highest BCUT2D eigenvalue weighted by atomic mass is 35.5. The van der Waals surface area contributed by atoms with Crippen LogP contribution in [0.3, 0.4) is 0 Å². The molecule has 2 N–H and O–H groups in total. The zero-order valence-corrected chi connectivity index (χ0v) is 15.9. The molecule has 25 heavy (non-hydrogen) atoms. The SMILES string of the molecule is CN1CCC(Oc2cc3c(c(N[C@@H]4CCOC4)c2)CNCC3)CC1.Cl. The van der Waals surface area contributed by atoms with E-state index in [1.807, 2.05) is 0 Å². The molecular formula is C19H30ClN3O2. The Kier molecular flexibility index (Phi) is 6.44. The van der Waals surface area contributed by atoms with E-state index >= 15 is 0 Å². The Balaban J connectivity index is 0.00000182. The molecule has 0 spiro atoms. The molecule has 3 heterocycles. The molecule has 0 bridgehead atoms. The van der Waals surface area contributed by atoms with Crippen molar-refractivity contribution in [2.45, 2.75) is 44.4 Å². The summed E-state index contributed by atoms with van der Waals surface area (Å²) in [7, 11) is 2.19. The zero-order valence-electron chi connectivity index (χ0n) is 15.1. The highest BCUT2D eigenvalue weighted by molar-refractivity contribution is 5.85. The molecule has 2 fully saturated rings. The highest BCUT2D eigenvalue weighted by Crippen LogP contribution is 2.32. The quantitative estimate of drug-likeness (QED) is 0.855. The van der Waals surface area contributed by atoms with Gasteiger partial charge in [0.05, 0.1) is 12.6 Å². The molecule has 0 radical (unpaired) electrons. The zero-order chi connectivity index (χ0) is 16.4. The monoisotopic (exact) mass is 367 g/mol. The van der Waals surface area contributed by atoms with Crippen LogP contribution in [0, 0.1) is 0 Å². The van der Waals surface area contributed by atoms with Gasteiger partial charge in [-0.3, -0.25) is 0 Å². The lowest BCUT2D eigenvalue weighted by molar-refractivity contribution is 0.114. The summed E-state index contributed by atoms with van der Waals surface area (Å²) in [6, 6.07) is 4.91. The van der Waals surface area contributed by atoms with Crippen LogP contribution in [-0.4, -0.2) is 56.9 Å². The fourth-order valence-electron chi connectivity index (χ4n) is 3.93. The molecule has 0 aliphatic carbocycles. The van der Waals surface area contributed by atoms with E-state index in [-0.39, 0.29) is 12.4 Å². The summed E-state index contributed by atoms with van der Waals surface area (Å²) in [5.74, 6) is 1.03. The lowest BCUT2D eigenvalue weighted by atomic mass is 9.98. The smallest absolute Gasteiger partial charge is 0.122 e. The van der Waals surface area contributed by atoms with Crippen LogP contribution in [0.25, 0.3) is 0 Å². The van der Waals surface area contributed by atoms with Crippen LogP contribution in [0.5, 0.6) is 5.75 Å². The van der Waals surface area contributed by atoms with Gasteiger partial charge in [0, 0.05) is 38.0 Å². The Morgan fingerprint density at radius 2 is 2.08 bits per heavy atom. The van der Waals surface area contributed by atoms with Gasteiger partial charge in [0.1, 0.15) is 11.9 Å². The summed E-state index contributed by atoms with van der Waals surface area (Å²) in [5, 5.41) is 7.19. The van der Waals surface area contributed by atoms with Gasteiger partial charge in [-0.1, -0.05) is 0 Å². The molecule has 4 rings (SSSR count). The van der Waals surface area contributed by atoms with Gasteiger partial charge in [0.2, 0.25) is 0 Å². The standard InChI is InChI=1S/C19H29N3O2.ClH/c1-22-7-3-16(4-8-22)24-17-10-14-2-6-20-12-18(14)19(11-17)21-15-5-9-23-13-15;/h10-11,15-16,20-21H,2-9,12-13H2,1H3;1H/t15-;/m1./s1. The average molecular weight is 368 g/mol. The third-order valence-corrected chi connectivity index (χ3v) is 5.45. The van der Waals surface area contributed by atoms with Crippen molar-refractivity contribution >= 4 is 18.1 Å². The van der Waals surface area contributed by atoms with E-state index in [9.17, 15) is 0 Å². The first-order valence-corrected chi connectivity index (χ1v) is 9.34. The second-order valence-electron chi connectivity index (χ2n) is 7.36. The molecule has 6 heteroatoms. The molecule has 5 nitrogen and oxygen atoms in total. The van der Waals surface area contributed by atoms with E-state index in [4.69, 9.17) is 9.47 Å². The summed E-state index contributed by atoms with van der Waals surface area (Å²) < 4.78 is 11.9. The second kappa shape index (κ2) is 8.58. The van der Waals surface area contributed by atoms with Crippen molar-refractivity contribution in [3.05, 3.63) is 23.3 Å². The number of likely N-dealkylation sites (tertiary alicyclic amines) is 1. The number of piperidine rings is 1. The Labute approximate surface area is 156 Å². The van der Waals surface area contributed by atoms with Crippen LogP contribution in [-0.2, 0) is 17.7 Å². The molecule has 1 atom stereocenters. The Morgan fingerprint density at radius 3 is 2.84 bits per heavy atom. The van der Waals surface area contributed by atoms with Gasteiger partial charge >= 0.3 is 0 Å². The summed E-state index contributed by atoms with van der Waals surface area (Å²) in [5.41, 5.74) is 4.07. The number of nitrogens with one attached hydrogen (secondary N) is 2. The van der Waals surface area contributed by atoms with Crippen molar-refractivity contribution in [3.8, 4) is 5.75 Å². The molecular weight excluding hydrogens is 338 g/mol. The molecule has 3 aliphatic heterocycles. The van der Waals surface area contributed by atoms with Gasteiger partial charge in [0.25, 0.3) is 0 Å². The summed E-state index contributed by atoms with van der Waals surface area (Å²) in [6.45, 7) is 5.93. The molecule has 0 saturated carbocycles. The van der Waals surface area contributed by atoms with E-state index in [1.165, 1.54) is 16.8 Å². The van der Waals surface area contributed by atoms with E-state index in [1.54, 1.807) is 0 Å². The number of benzene rings is 1. The highest BCUT2D eigenvalue weighted by Gasteiger charge is 2.22. The van der Waals surface area contributed by atoms with Crippen LogP contribution in [0.15, 0.2) is 12.1 Å². The molecule has 0 amide bonds. The van der Waals surface area contributed by atoms with Crippen molar-refractivity contribution in [2.24, 2.45) is 0 Å². The Hall–Kier alpha value is -1.01. The van der Waals surface area contributed by atoms with Crippen LogP contribution < -0.4 is 15.4 Å². The Bertz CT molecular complexity index is 570. The summed E-state index contributed by atoms with van der Waals surface area (Å²) in [4.78, 5) is 2.38. The first kappa shape index (κ1) is 18.8. The number of halogens is 1. The number of ether oxygens (including phenoxy) is 2. The minimum Gasteiger partial charge on any atom is -0.490 e. The predicted molar refractivity (Wildman–Crippen MR) is 103 cm³/mol. The molecule has 0 aromatic heterocycles. The number of hydrogen-bond acceptors (Lipinski definition) is 5. The lowest BCUT2D eigenvalue weighted by Gasteiger charge is -2.30. The largest absolute Gasteiger partial charge is 0.490 e. The maximum atomic E-state index is 6.36. The molecule has 1 aromatic carbocycles. The Morgan fingerprint density at radius 1 is 1.24 bits per heavy atom. The van der Waals surface area contributed by atoms with Gasteiger partial charge in [-0.25, -0.2) is 0 Å². The third kappa shape index (κ3) is 4.59. The lowest BCUT2D eigenvalue weighted by Crippen LogP contribution is -2.35. The van der Waals surface area contributed by atoms with E-state index in [2.05, 4.69) is 34.7 Å². The number of anilines is 1. The minimum atomic E-state index is 0. The van der Waals surface area contributed by atoms with Gasteiger partial charge in [-0.05, 0) is 56.5 Å². The minimum absolute atomic E-state index is 0. The normalized spacial score (nSPS) is 24.4. The van der Waals surface area contributed by atoms with Crippen LogP contribution in [0.1, 0.15) is 30.4 Å². The third-order valence-electron chi connectivity index (χ3n) is 5.45. The van der Waals surface area contributed by atoms with Gasteiger partial charge in [-0.15, -0.1) is 12.4 Å². The fraction of sp³-hybridized carbons (Fsp3) is 0.684. The van der Waals surface area contributed by atoms with Gasteiger partial charge in [-0.2, -0.15) is 0 Å². The number of hydrogen-bond donors (Lipinski definition) is 2. The van der Waals surface area contributed by atoms with Crippen LogP contribution in [0.2, 0.25) is 0 Å². The van der Waals surface area contributed by atoms with Crippen molar-refractivity contribution < 1.29 is 9.47 Å². The molecule has 3 aliphatic rings. The van der Waals surface area contributed by atoms with Crippen LogP contribution in [0.4, 0.5) is 5.69 Å². The average Bonchev–Trinajstić information content (AvgIpc) is 3.10. The van der Waals surface area contributed by atoms with Crippen LogP contribution >= 0.6 is 12.4 Å². The van der Waals surface area contributed by atoms with Crippen molar-refractivity contribution in [2.75, 3.05) is 45.2 Å². The van der Waals surface area contributed by atoms with Gasteiger partial charge in [0.15, 0.2) is 0 Å². The topological polar surface area (TPSA) is 45.8 Å². The first-order valence-electron chi connectivity index (χ1n) is 9.34. The molecule has 2 saturated heterocycles. The number of fused-ring (bicyclic) bond motifs is 1. The van der Waals surface area contributed by atoms with E-state index < -0.39 is 0 Å². The summed E-state index contributed by atoms with van der Waals surface area (Å²) >= 11 is 0.